The highest BCUT2D eigenvalue weighted by molar-refractivity contribution is 6.32. The van der Waals surface area contributed by atoms with Gasteiger partial charge in [0.05, 0.1) is 24.4 Å². The lowest BCUT2D eigenvalue weighted by Gasteiger charge is -2.06. The van der Waals surface area contributed by atoms with Gasteiger partial charge in [-0.15, -0.1) is 5.10 Å². The maximum Gasteiger partial charge on any atom is 0.145 e. The second kappa shape index (κ2) is 6.19. The van der Waals surface area contributed by atoms with Crippen LogP contribution in [0.15, 0.2) is 24.5 Å². The third-order valence-corrected chi connectivity index (χ3v) is 3.56. The molecule has 1 atom stereocenters. The molecule has 1 aliphatic heterocycles. The lowest BCUT2D eigenvalue weighted by atomic mass is 10.1. The standard InChI is InChI=1S/C13H16ClN5O/c14-12-2-1-4-15-13(12)16-6-11-8-19(18-17-11)7-10-3-5-20-9-10/h1-2,4,8,10H,3,5-7,9H2,(H,15,16). The van der Waals surface area contributed by atoms with E-state index in [9.17, 15) is 0 Å². The van der Waals surface area contributed by atoms with Crippen LogP contribution in [-0.2, 0) is 17.8 Å². The Hall–Kier alpha value is -1.66. The largest absolute Gasteiger partial charge is 0.381 e. The molecule has 0 radical (unpaired) electrons. The molecule has 1 fully saturated rings. The Labute approximate surface area is 122 Å². The number of halogens is 1. The molecule has 2 aromatic rings. The molecule has 3 heterocycles. The molecule has 20 heavy (non-hydrogen) atoms. The van der Waals surface area contributed by atoms with Crippen LogP contribution in [0.25, 0.3) is 0 Å². The summed E-state index contributed by atoms with van der Waals surface area (Å²) in [7, 11) is 0. The van der Waals surface area contributed by atoms with Crippen LogP contribution in [0.1, 0.15) is 12.1 Å². The number of ether oxygens (including phenoxy) is 1. The first-order valence-electron chi connectivity index (χ1n) is 6.62. The molecule has 0 bridgehead atoms. The predicted molar refractivity (Wildman–Crippen MR) is 75.5 cm³/mol. The molecule has 1 saturated heterocycles. The number of anilines is 1. The van der Waals surface area contributed by atoms with Crippen molar-refractivity contribution < 1.29 is 4.74 Å². The van der Waals surface area contributed by atoms with Crippen LogP contribution in [0.2, 0.25) is 5.02 Å². The van der Waals surface area contributed by atoms with E-state index in [-0.39, 0.29) is 0 Å². The van der Waals surface area contributed by atoms with Gasteiger partial charge in [0.25, 0.3) is 0 Å². The van der Waals surface area contributed by atoms with E-state index in [4.69, 9.17) is 16.3 Å². The Morgan fingerprint density at radius 2 is 2.45 bits per heavy atom. The maximum absolute atomic E-state index is 6.03. The highest BCUT2D eigenvalue weighted by Crippen LogP contribution is 2.18. The van der Waals surface area contributed by atoms with E-state index in [0.717, 1.165) is 31.9 Å². The first-order chi connectivity index (χ1) is 9.81. The van der Waals surface area contributed by atoms with Gasteiger partial charge in [0.15, 0.2) is 0 Å². The Kier molecular flexibility index (Phi) is 4.13. The molecule has 106 valence electrons. The third-order valence-electron chi connectivity index (χ3n) is 3.25. The SMILES string of the molecule is Clc1cccnc1NCc1cn(CC2CCOC2)nn1. The highest BCUT2D eigenvalue weighted by atomic mass is 35.5. The Bertz CT molecular complexity index is 567. The van der Waals surface area contributed by atoms with E-state index < -0.39 is 0 Å². The van der Waals surface area contributed by atoms with E-state index >= 15 is 0 Å². The van der Waals surface area contributed by atoms with Crippen LogP contribution in [0.5, 0.6) is 0 Å². The average Bonchev–Trinajstić information content (AvgIpc) is 3.10. The molecule has 1 N–H and O–H groups in total. The molecule has 0 saturated carbocycles. The smallest absolute Gasteiger partial charge is 0.145 e. The van der Waals surface area contributed by atoms with Crippen LogP contribution in [-0.4, -0.2) is 33.2 Å². The number of rotatable bonds is 5. The van der Waals surface area contributed by atoms with Crippen molar-refractivity contribution in [3.8, 4) is 0 Å². The summed E-state index contributed by atoms with van der Waals surface area (Å²) in [5.74, 6) is 1.20. The van der Waals surface area contributed by atoms with Crippen LogP contribution in [0.4, 0.5) is 5.82 Å². The van der Waals surface area contributed by atoms with Crippen LogP contribution in [0, 0.1) is 5.92 Å². The number of aromatic nitrogens is 4. The lowest BCUT2D eigenvalue weighted by Crippen LogP contribution is -2.11. The molecule has 2 aromatic heterocycles. The summed E-state index contributed by atoms with van der Waals surface area (Å²) in [6.07, 6.45) is 4.74. The zero-order valence-corrected chi connectivity index (χ0v) is 11.8. The molecule has 0 aliphatic carbocycles. The number of hydrogen-bond donors (Lipinski definition) is 1. The van der Waals surface area contributed by atoms with Gasteiger partial charge < -0.3 is 10.1 Å². The molecule has 0 aromatic carbocycles. The average molecular weight is 294 g/mol. The fourth-order valence-corrected chi connectivity index (χ4v) is 2.38. The van der Waals surface area contributed by atoms with E-state index in [2.05, 4.69) is 20.6 Å². The minimum atomic E-state index is 0.544. The van der Waals surface area contributed by atoms with Crippen LogP contribution < -0.4 is 5.32 Å². The Morgan fingerprint density at radius 1 is 1.50 bits per heavy atom. The lowest BCUT2D eigenvalue weighted by molar-refractivity contribution is 0.181. The first kappa shape index (κ1) is 13.3. The van der Waals surface area contributed by atoms with Gasteiger partial charge in [-0.1, -0.05) is 16.8 Å². The second-order valence-electron chi connectivity index (χ2n) is 4.85. The van der Waals surface area contributed by atoms with Gasteiger partial charge in [-0.05, 0) is 18.6 Å². The summed E-state index contributed by atoms with van der Waals surface area (Å²) >= 11 is 6.03. The van der Waals surface area contributed by atoms with Crippen LogP contribution >= 0.6 is 11.6 Å². The van der Waals surface area contributed by atoms with Gasteiger partial charge in [-0.25, -0.2) is 4.98 Å². The van der Waals surface area contributed by atoms with E-state index in [1.807, 2.05) is 10.9 Å². The molecule has 0 spiro atoms. The van der Waals surface area contributed by atoms with E-state index in [1.165, 1.54) is 0 Å². The van der Waals surface area contributed by atoms with E-state index in [1.54, 1.807) is 18.3 Å². The quantitative estimate of drug-likeness (QED) is 0.913. The Balaban J connectivity index is 1.56. The number of nitrogens with zero attached hydrogens (tertiary/aromatic N) is 4. The minimum absolute atomic E-state index is 0.544. The van der Waals surface area contributed by atoms with Gasteiger partial charge in [-0.2, -0.15) is 0 Å². The zero-order chi connectivity index (χ0) is 13.8. The fourth-order valence-electron chi connectivity index (χ4n) is 2.19. The second-order valence-corrected chi connectivity index (χ2v) is 5.26. The van der Waals surface area contributed by atoms with Gasteiger partial charge in [0, 0.05) is 25.3 Å². The molecule has 6 nitrogen and oxygen atoms in total. The summed E-state index contributed by atoms with van der Waals surface area (Å²) in [5, 5.41) is 12.0. The van der Waals surface area contributed by atoms with Crippen molar-refractivity contribution in [2.45, 2.75) is 19.5 Å². The topological polar surface area (TPSA) is 64.9 Å². The van der Waals surface area contributed by atoms with E-state index in [0.29, 0.717) is 23.3 Å². The molecule has 3 rings (SSSR count). The van der Waals surface area contributed by atoms with Crippen molar-refractivity contribution in [2.24, 2.45) is 5.92 Å². The summed E-state index contributed by atoms with van der Waals surface area (Å²) in [4.78, 5) is 4.17. The van der Waals surface area contributed by atoms with Gasteiger partial charge in [0.2, 0.25) is 0 Å². The Morgan fingerprint density at radius 3 is 3.25 bits per heavy atom. The van der Waals surface area contributed by atoms with Crippen molar-refractivity contribution >= 4 is 17.4 Å². The summed E-state index contributed by atoms with van der Waals surface area (Å²) in [6, 6.07) is 3.60. The van der Waals surface area contributed by atoms with Crippen molar-refractivity contribution in [2.75, 3.05) is 18.5 Å². The number of hydrogen-bond acceptors (Lipinski definition) is 5. The molecular formula is C13H16ClN5O. The normalized spacial score (nSPS) is 18.4. The molecule has 7 heteroatoms. The van der Waals surface area contributed by atoms with Gasteiger partial charge in [-0.3, -0.25) is 4.68 Å². The fraction of sp³-hybridized carbons (Fsp3) is 0.462. The van der Waals surface area contributed by atoms with Gasteiger partial charge in [0.1, 0.15) is 11.5 Å². The highest BCUT2D eigenvalue weighted by Gasteiger charge is 2.16. The zero-order valence-electron chi connectivity index (χ0n) is 11.0. The molecule has 0 amide bonds. The summed E-state index contributed by atoms with van der Waals surface area (Å²) < 4.78 is 7.23. The first-order valence-corrected chi connectivity index (χ1v) is 7.00. The molecular weight excluding hydrogens is 278 g/mol. The summed E-state index contributed by atoms with van der Waals surface area (Å²) in [5.41, 5.74) is 0.866. The van der Waals surface area contributed by atoms with Crippen molar-refractivity contribution in [1.29, 1.82) is 0 Å². The van der Waals surface area contributed by atoms with Crippen molar-refractivity contribution in [1.82, 2.24) is 20.0 Å². The van der Waals surface area contributed by atoms with Crippen LogP contribution in [0.3, 0.4) is 0 Å². The van der Waals surface area contributed by atoms with Crippen molar-refractivity contribution in [3.63, 3.8) is 0 Å². The maximum atomic E-state index is 6.03. The predicted octanol–water partition coefficient (Wildman–Crippen LogP) is 1.98. The van der Waals surface area contributed by atoms with Crippen molar-refractivity contribution in [3.05, 3.63) is 35.2 Å². The molecule has 1 aliphatic rings. The number of pyridine rings is 1. The summed E-state index contributed by atoms with van der Waals surface area (Å²) in [6.45, 7) is 3.08. The monoisotopic (exact) mass is 293 g/mol. The third kappa shape index (κ3) is 3.26. The number of nitrogens with one attached hydrogen (secondary N) is 1. The molecule has 1 unspecified atom stereocenters. The minimum Gasteiger partial charge on any atom is -0.381 e. The van der Waals surface area contributed by atoms with Gasteiger partial charge >= 0.3 is 0 Å².